The van der Waals surface area contributed by atoms with Gasteiger partial charge in [-0.3, -0.25) is 4.55 Å². The summed E-state index contributed by atoms with van der Waals surface area (Å²) < 4.78 is 39.0. The summed E-state index contributed by atoms with van der Waals surface area (Å²) in [5, 5.41) is 0. The second-order valence-corrected chi connectivity index (χ2v) is 3.43. The van der Waals surface area contributed by atoms with Gasteiger partial charge in [-0.1, -0.05) is 0 Å². The molecule has 0 aliphatic heterocycles. The summed E-state index contributed by atoms with van der Waals surface area (Å²) in [4.78, 5) is 15.4. The van der Waals surface area contributed by atoms with Gasteiger partial charge < -0.3 is 28.2 Å². The van der Waals surface area contributed by atoms with Gasteiger partial charge >= 0.3 is 18.2 Å². The minimum absolute atomic E-state index is 0. The molecular weight excluding hydrogens is 253 g/mol. The summed E-state index contributed by atoms with van der Waals surface area (Å²) >= 11 is 0. The largest absolute Gasteiger partial charge is 0.486 e. The molecule has 0 aliphatic rings. The zero-order chi connectivity index (χ0) is 7.71. The maximum Gasteiger partial charge on any atom is 0.486 e. The lowest BCUT2D eigenvalue weighted by atomic mass is 14.0. The van der Waals surface area contributed by atoms with Crippen molar-refractivity contribution in [3.8, 4) is 0 Å². The van der Waals surface area contributed by atoms with Gasteiger partial charge in [0.05, 0.1) is 0 Å². The first-order valence-corrected chi connectivity index (χ1v) is 4.34. The molecule has 0 saturated carbocycles. The molecule has 0 bridgehead atoms. The Hall–Kier alpha value is 0.190. The minimum Gasteiger partial charge on any atom is -0.344 e. The van der Waals surface area contributed by atoms with Gasteiger partial charge in [-0.15, -0.1) is 16.4 Å². The van der Waals surface area contributed by atoms with E-state index in [2.05, 4.69) is 3.97 Å². The first kappa shape index (κ1) is 29.2. The summed E-state index contributed by atoms with van der Waals surface area (Å²) in [5.74, 6) is 0. The summed E-state index contributed by atoms with van der Waals surface area (Å²) in [6, 6.07) is 0. The van der Waals surface area contributed by atoms with Gasteiger partial charge in [0.1, 0.15) is 0 Å². The zero-order valence-corrected chi connectivity index (χ0v) is 8.89. The van der Waals surface area contributed by atoms with Crippen molar-refractivity contribution in [3.05, 3.63) is 0 Å². The quantitative estimate of drug-likeness (QED) is 0.284. The Bertz CT molecular complexity index is 230. The van der Waals surface area contributed by atoms with Crippen LogP contribution in [0.4, 0.5) is 0 Å². The number of hydrogen-bond acceptors (Lipinski definition) is 7. The summed E-state index contributed by atoms with van der Waals surface area (Å²) in [5.41, 5.74) is 0. The van der Waals surface area contributed by atoms with E-state index in [1.165, 1.54) is 0 Å². The van der Waals surface area contributed by atoms with E-state index in [0.717, 1.165) is 0 Å². The smallest absolute Gasteiger partial charge is 0.344 e. The van der Waals surface area contributed by atoms with Crippen molar-refractivity contribution in [3.63, 3.8) is 0 Å². The van der Waals surface area contributed by atoms with Crippen LogP contribution in [-0.2, 0) is 18.9 Å². The molecule has 0 unspecified atom stereocenters. The molecule has 0 saturated heterocycles. The number of hydrogen-bond donors (Lipinski definition) is 6. The van der Waals surface area contributed by atoms with E-state index >= 15 is 0 Å². The fourth-order valence-corrected chi connectivity index (χ4v) is 1.10. The lowest BCUT2D eigenvalue weighted by Crippen LogP contribution is -2.00. The van der Waals surface area contributed by atoms with Crippen LogP contribution in [0.1, 0.15) is 0 Å². The monoisotopic (exact) mass is 265 g/mol. The second kappa shape index (κ2) is 8.77. The van der Waals surface area contributed by atoms with Crippen LogP contribution in [0.3, 0.4) is 0 Å². The molecule has 0 aromatic heterocycles. The molecule has 0 aromatic carbocycles. The number of rotatable bonds is 2. The third kappa shape index (κ3) is 33.0. The molecule has 0 atom stereocenters. The predicted molar refractivity (Wildman–Crippen MR) is 47.0 cm³/mol. The highest BCUT2D eigenvalue weighted by Crippen LogP contribution is 2.37. The normalized spacial score (nSPS) is 9.46. The summed E-state index contributed by atoms with van der Waals surface area (Å²) in [6.45, 7) is 0. The van der Waals surface area contributed by atoms with Gasteiger partial charge in [0.15, 0.2) is 0 Å². The van der Waals surface area contributed by atoms with E-state index in [1.54, 1.807) is 0 Å². The first-order valence-electron chi connectivity index (χ1n) is 1.45. The average molecular weight is 266 g/mol. The van der Waals surface area contributed by atoms with Crippen LogP contribution in [0.25, 0.3) is 0 Å². The van der Waals surface area contributed by atoms with E-state index in [1.807, 2.05) is 0 Å². The van der Waals surface area contributed by atoms with Crippen LogP contribution in [0.15, 0.2) is 0 Å². The molecule has 0 heterocycles. The van der Waals surface area contributed by atoms with Gasteiger partial charge in [-0.25, -0.2) is 4.57 Å². The van der Waals surface area contributed by atoms with Gasteiger partial charge in [-0.05, 0) is 0 Å². The van der Waals surface area contributed by atoms with Crippen LogP contribution in [0, 0.1) is 0 Å². The van der Waals surface area contributed by atoms with Gasteiger partial charge in [0.25, 0.3) is 0 Å². The Balaban J connectivity index is -0.0000000533. The Morgan fingerprint density at radius 2 is 1.31 bits per heavy atom. The minimum atomic E-state index is -5.13. The average Bonchev–Trinajstić information content (AvgIpc) is 1.14. The van der Waals surface area contributed by atoms with Gasteiger partial charge in [0.2, 0.25) is 0 Å². The Morgan fingerprint density at radius 3 is 1.31 bits per heavy atom. The highest BCUT2D eigenvalue weighted by molar-refractivity contribution is 7.85. The molecule has 0 aromatic rings. The van der Waals surface area contributed by atoms with E-state index in [-0.39, 0.29) is 30.9 Å². The molecule has 0 spiro atoms. The van der Waals surface area contributed by atoms with Crippen molar-refractivity contribution in [2.75, 3.05) is 0 Å². The lowest BCUT2D eigenvalue weighted by Gasteiger charge is -1.97. The van der Waals surface area contributed by atoms with Crippen molar-refractivity contribution in [1.82, 2.24) is 18.5 Å². The van der Waals surface area contributed by atoms with Crippen LogP contribution in [-0.4, -0.2) is 22.8 Å². The molecule has 12 N–H and O–H groups in total. The van der Waals surface area contributed by atoms with Crippen LogP contribution in [0.5, 0.6) is 0 Å². The van der Waals surface area contributed by atoms with E-state index in [0.29, 0.717) is 0 Å². The molecule has 13 heteroatoms. The van der Waals surface area contributed by atoms with Crippen molar-refractivity contribution in [2.24, 2.45) is 0 Å². The van der Waals surface area contributed by atoms with E-state index < -0.39 is 18.2 Å². The highest BCUT2D eigenvalue weighted by atomic mass is 35.5. The zero-order valence-electron chi connectivity index (χ0n) is 6.36. The summed E-state index contributed by atoms with van der Waals surface area (Å²) in [7, 11) is -10.2. The molecular formula is H13ClN3O7PS. The van der Waals surface area contributed by atoms with Crippen molar-refractivity contribution < 1.29 is 31.3 Å². The molecule has 0 rings (SSSR count). The Kier molecular flexibility index (Phi) is 19.7. The topological polar surface area (TPSA) is 226 Å². The third-order valence-electron chi connectivity index (χ3n) is 0.191. The standard InChI is InChI=1S/ClH.3H3N.H3O7PS/c;;;;1-8(2,3)7-9(4,5)6/h1H;3*1H3;(H2,1,2,3)(H,4,5,6). The molecule has 0 aliphatic carbocycles. The van der Waals surface area contributed by atoms with Crippen LogP contribution in [0.2, 0.25) is 0 Å². The maximum atomic E-state index is 9.58. The number of halogens is 1. The van der Waals surface area contributed by atoms with Crippen LogP contribution >= 0.6 is 20.2 Å². The molecule has 0 fully saturated rings. The van der Waals surface area contributed by atoms with Crippen molar-refractivity contribution in [1.29, 1.82) is 0 Å². The van der Waals surface area contributed by atoms with Crippen molar-refractivity contribution >= 4 is 30.6 Å². The van der Waals surface area contributed by atoms with E-state index in [4.69, 9.17) is 14.3 Å². The third-order valence-corrected chi connectivity index (χ3v) is 1.72. The predicted octanol–water partition coefficient (Wildman–Crippen LogP) is -0.194. The van der Waals surface area contributed by atoms with Gasteiger partial charge in [-0.2, -0.15) is 8.42 Å². The van der Waals surface area contributed by atoms with E-state index in [9.17, 15) is 13.0 Å². The lowest BCUT2D eigenvalue weighted by molar-refractivity contribution is 0.268. The molecule has 0 amide bonds. The Labute approximate surface area is 81.0 Å². The summed E-state index contributed by atoms with van der Waals surface area (Å²) in [6.07, 6.45) is 0. The maximum absolute atomic E-state index is 9.58. The molecule has 88 valence electrons. The molecule has 0 radical (unpaired) electrons. The molecule has 13 heavy (non-hydrogen) atoms. The van der Waals surface area contributed by atoms with Crippen LogP contribution < -0.4 is 18.5 Å². The fourth-order valence-electron chi connectivity index (χ4n) is 0.123. The Morgan fingerprint density at radius 1 is 1.08 bits per heavy atom. The van der Waals surface area contributed by atoms with Gasteiger partial charge in [0, 0.05) is 0 Å². The van der Waals surface area contributed by atoms with Crippen molar-refractivity contribution in [2.45, 2.75) is 0 Å². The SMILES string of the molecule is Cl.N.N.N.O=P(O)(O)OS(=O)(=O)O. The fraction of sp³-hybridized carbons (Fsp3) is 0. The number of phosphoric acid groups is 1. The molecule has 10 nitrogen and oxygen atoms in total. The first-order chi connectivity index (χ1) is 3.71. The second-order valence-electron chi connectivity index (χ2n) is 0.993. The highest BCUT2D eigenvalue weighted by Gasteiger charge is 2.22.